The highest BCUT2D eigenvalue weighted by atomic mass is 127. The van der Waals surface area contributed by atoms with E-state index in [0.29, 0.717) is 12.1 Å². The molecule has 6 heteroatoms. The zero-order chi connectivity index (χ0) is 16.4. The van der Waals surface area contributed by atoms with E-state index >= 15 is 0 Å². The van der Waals surface area contributed by atoms with E-state index in [1.54, 1.807) is 26.1 Å². The summed E-state index contributed by atoms with van der Waals surface area (Å²) < 4.78 is 13.5. The Morgan fingerprint density at radius 1 is 1.26 bits per heavy atom. The average Bonchev–Trinajstić information content (AvgIpc) is 2.51. The summed E-state index contributed by atoms with van der Waals surface area (Å²) in [6.45, 7) is 7.45. The molecule has 2 N–H and O–H groups in total. The third-order valence-electron chi connectivity index (χ3n) is 3.60. The standard InChI is InChI=1S/C17H29FN4.HI/c1-5-6-10-22(4)11-9-20-17(19-3)21-13-15-8-7-14(2)16(18)12-15;/h7-8,12H,5-6,9-11,13H2,1-4H3,(H2,19,20,21);1H. The van der Waals surface area contributed by atoms with Crippen LogP contribution < -0.4 is 10.6 Å². The normalized spacial score (nSPS) is 11.3. The molecule has 0 unspecified atom stereocenters. The fourth-order valence-electron chi connectivity index (χ4n) is 2.06. The third kappa shape index (κ3) is 9.10. The number of nitrogens with zero attached hydrogens (tertiary/aromatic N) is 2. The highest BCUT2D eigenvalue weighted by Crippen LogP contribution is 2.08. The topological polar surface area (TPSA) is 39.7 Å². The van der Waals surface area contributed by atoms with E-state index in [1.807, 2.05) is 6.07 Å². The Bertz CT molecular complexity index is 480. The molecule has 0 bridgehead atoms. The van der Waals surface area contributed by atoms with Crippen molar-refractivity contribution >= 4 is 29.9 Å². The maximum atomic E-state index is 13.5. The SMILES string of the molecule is CCCCN(C)CCNC(=NC)NCc1ccc(C)c(F)c1.I. The summed E-state index contributed by atoms with van der Waals surface area (Å²) in [5.74, 6) is 0.574. The minimum absolute atomic E-state index is 0. The van der Waals surface area contributed by atoms with Gasteiger partial charge in [-0.1, -0.05) is 25.5 Å². The number of aryl methyl sites for hydroxylation is 1. The van der Waals surface area contributed by atoms with Crippen LogP contribution in [0.1, 0.15) is 30.9 Å². The monoisotopic (exact) mass is 436 g/mol. The van der Waals surface area contributed by atoms with E-state index in [-0.39, 0.29) is 29.8 Å². The Balaban J connectivity index is 0.00000484. The Morgan fingerprint density at radius 3 is 2.61 bits per heavy atom. The predicted molar refractivity (Wildman–Crippen MR) is 107 cm³/mol. The van der Waals surface area contributed by atoms with Crippen molar-refractivity contribution in [1.82, 2.24) is 15.5 Å². The molecule has 0 aliphatic rings. The van der Waals surface area contributed by atoms with Gasteiger partial charge in [0.1, 0.15) is 5.82 Å². The first kappa shape index (κ1) is 22.1. The van der Waals surface area contributed by atoms with Gasteiger partial charge in [0, 0.05) is 26.7 Å². The number of guanidine groups is 1. The van der Waals surface area contributed by atoms with Crippen LogP contribution in [-0.4, -0.2) is 44.6 Å². The molecule has 0 amide bonds. The Morgan fingerprint density at radius 2 is 2.00 bits per heavy atom. The molecule has 0 aliphatic heterocycles. The molecule has 0 saturated carbocycles. The maximum Gasteiger partial charge on any atom is 0.191 e. The van der Waals surface area contributed by atoms with Crippen LogP contribution in [0.4, 0.5) is 4.39 Å². The first-order valence-corrected chi connectivity index (χ1v) is 7.95. The summed E-state index contributed by atoms with van der Waals surface area (Å²) in [5, 5.41) is 6.48. The summed E-state index contributed by atoms with van der Waals surface area (Å²) in [4.78, 5) is 6.49. The molecule has 0 aromatic heterocycles. The quantitative estimate of drug-likeness (QED) is 0.374. The molecule has 0 heterocycles. The highest BCUT2D eigenvalue weighted by Gasteiger charge is 2.02. The van der Waals surface area contributed by atoms with Gasteiger partial charge in [-0.2, -0.15) is 0 Å². The van der Waals surface area contributed by atoms with Gasteiger partial charge in [-0.05, 0) is 44.1 Å². The predicted octanol–water partition coefficient (Wildman–Crippen LogP) is 3.15. The molecule has 0 atom stereocenters. The Labute approximate surface area is 157 Å². The lowest BCUT2D eigenvalue weighted by molar-refractivity contribution is 0.332. The molecule has 1 aromatic carbocycles. The molecule has 0 radical (unpaired) electrons. The van der Waals surface area contributed by atoms with Crippen LogP contribution in [0, 0.1) is 12.7 Å². The molecule has 23 heavy (non-hydrogen) atoms. The van der Waals surface area contributed by atoms with Crippen LogP contribution in [0.5, 0.6) is 0 Å². The van der Waals surface area contributed by atoms with Gasteiger partial charge < -0.3 is 15.5 Å². The fraction of sp³-hybridized carbons (Fsp3) is 0.588. The number of aliphatic imine (C=N–C) groups is 1. The number of hydrogen-bond acceptors (Lipinski definition) is 2. The number of likely N-dealkylation sites (N-methyl/N-ethyl adjacent to an activating group) is 1. The first-order chi connectivity index (χ1) is 10.6. The lowest BCUT2D eigenvalue weighted by atomic mass is 10.1. The molecular formula is C17H30FIN4. The van der Waals surface area contributed by atoms with E-state index < -0.39 is 0 Å². The van der Waals surface area contributed by atoms with E-state index in [1.165, 1.54) is 12.8 Å². The van der Waals surface area contributed by atoms with Crippen molar-refractivity contribution in [2.75, 3.05) is 33.7 Å². The lowest BCUT2D eigenvalue weighted by Crippen LogP contribution is -2.40. The van der Waals surface area contributed by atoms with Crippen molar-refractivity contribution in [2.24, 2.45) is 4.99 Å². The zero-order valence-corrected chi connectivity index (χ0v) is 17.0. The molecule has 0 saturated heterocycles. The summed E-state index contributed by atoms with van der Waals surface area (Å²) in [6.07, 6.45) is 2.44. The smallest absolute Gasteiger partial charge is 0.191 e. The van der Waals surface area contributed by atoms with Gasteiger partial charge in [0.15, 0.2) is 5.96 Å². The van der Waals surface area contributed by atoms with Crippen LogP contribution in [0.15, 0.2) is 23.2 Å². The maximum absolute atomic E-state index is 13.5. The van der Waals surface area contributed by atoms with Crippen molar-refractivity contribution in [3.05, 3.63) is 35.1 Å². The summed E-state index contributed by atoms with van der Waals surface area (Å²) in [6, 6.07) is 5.29. The van der Waals surface area contributed by atoms with Crippen molar-refractivity contribution in [1.29, 1.82) is 0 Å². The molecule has 1 aromatic rings. The minimum atomic E-state index is -0.167. The average molecular weight is 436 g/mol. The fourth-order valence-corrected chi connectivity index (χ4v) is 2.06. The number of nitrogens with one attached hydrogen (secondary N) is 2. The number of halogens is 2. The second-order valence-electron chi connectivity index (χ2n) is 5.59. The van der Waals surface area contributed by atoms with Gasteiger partial charge in [0.25, 0.3) is 0 Å². The van der Waals surface area contributed by atoms with E-state index in [9.17, 15) is 4.39 Å². The van der Waals surface area contributed by atoms with Gasteiger partial charge in [-0.25, -0.2) is 4.39 Å². The largest absolute Gasteiger partial charge is 0.355 e. The van der Waals surface area contributed by atoms with Crippen LogP contribution in [0.3, 0.4) is 0 Å². The second-order valence-corrected chi connectivity index (χ2v) is 5.59. The number of unbranched alkanes of at least 4 members (excludes halogenated alkanes) is 1. The summed E-state index contributed by atoms with van der Waals surface area (Å²) in [5.41, 5.74) is 1.58. The Hall–Kier alpha value is -0.890. The van der Waals surface area contributed by atoms with Crippen LogP contribution in [-0.2, 0) is 6.54 Å². The van der Waals surface area contributed by atoms with Gasteiger partial charge in [-0.3, -0.25) is 4.99 Å². The lowest BCUT2D eigenvalue weighted by Gasteiger charge is -2.18. The minimum Gasteiger partial charge on any atom is -0.355 e. The molecule has 132 valence electrons. The van der Waals surface area contributed by atoms with Gasteiger partial charge in [0.2, 0.25) is 0 Å². The summed E-state index contributed by atoms with van der Waals surface area (Å²) >= 11 is 0. The van der Waals surface area contributed by atoms with Gasteiger partial charge in [0.05, 0.1) is 0 Å². The first-order valence-electron chi connectivity index (χ1n) is 7.95. The van der Waals surface area contributed by atoms with Crippen LogP contribution in [0.25, 0.3) is 0 Å². The van der Waals surface area contributed by atoms with Gasteiger partial charge >= 0.3 is 0 Å². The zero-order valence-electron chi connectivity index (χ0n) is 14.7. The van der Waals surface area contributed by atoms with Crippen LogP contribution in [0.2, 0.25) is 0 Å². The molecule has 4 nitrogen and oxygen atoms in total. The van der Waals surface area contributed by atoms with Crippen LogP contribution >= 0.6 is 24.0 Å². The van der Waals surface area contributed by atoms with Crippen molar-refractivity contribution in [2.45, 2.75) is 33.2 Å². The van der Waals surface area contributed by atoms with Crippen molar-refractivity contribution in [3.8, 4) is 0 Å². The molecule has 1 rings (SSSR count). The number of benzene rings is 1. The van der Waals surface area contributed by atoms with E-state index in [0.717, 1.165) is 31.2 Å². The Kier molecular flexibility index (Phi) is 12.0. The molecular weight excluding hydrogens is 406 g/mol. The number of hydrogen-bond donors (Lipinski definition) is 2. The summed E-state index contributed by atoms with van der Waals surface area (Å²) in [7, 11) is 3.87. The van der Waals surface area contributed by atoms with Crippen molar-refractivity contribution < 1.29 is 4.39 Å². The van der Waals surface area contributed by atoms with E-state index in [2.05, 4.69) is 34.5 Å². The van der Waals surface area contributed by atoms with Gasteiger partial charge in [-0.15, -0.1) is 24.0 Å². The van der Waals surface area contributed by atoms with Crippen molar-refractivity contribution in [3.63, 3.8) is 0 Å². The van der Waals surface area contributed by atoms with E-state index in [4.69, 9.17) is 0 Å². The molecule has 0 aliphatic carbocycles. The third-order valence-corrected chi connectivity index (χ3v) is 3.60. The highest BCUT2D eigenvalue weighted by molar-refractivity contribution is 14.0. The number of rotatable bonds is 8. The second kappa shape index (κ2) is 12.5. The molecule has 0 spiro atoms. The molecule has 0 fully saturated rings.